The van der Waals surface area contributed by atoms with Gasteiger partial charge in [-0.25, -0.2) is 0 Å². The molecule has 0 aliphatic rings. The molecule has 0 fully saturated rings. The van der Waals surface area contributed by atoms with E-state index in [0.29, 0.717) is 0 Å². The summed E-state index contributed by atoms with van der Waals surface area (Å²) in [4.78, 5) is 24.7. The second-order valence-electron chi connectivity index (χ2n) is 5.81. The fourth-order valence-corrected chi connectivity index (χ4v) is 2.58. The van der Waals surface area contributed by atoms with Crippen molar-refractivity contribution in [2.75, 3.05) is 18.4 Å². The Labute approximate surface area is 147 Å². The smallest absolute Gasteiger partial charge is 0.269 e. The number of nitrogens with zero attached hydrogens (tertiary/aromatic N) is 2. The molecule has 1 N–H and O–H groups in total. The third kappa shape index (κ3) is 5.69. The molecule has 0 unspecified atom stereocenters. The minimum absolute atomic E-state index is 0.0215. The highest BCUT2D eigenvalue weighted by atomic mass is 16.6. The summed E-state index contributed by atoms with van der Waals surface area (Å²) in [6.45, 7) is 7.05. The second-order valence-corrected chi connectivity index (χ2v) is 5.81. The van der Waals surface area contributed by atoms with E-state index in [1.54, 1.807) is 12.1 Å². The molecule has 6 heteroatoms. The number of amides is 1. The fourth-order valence-electron chi connectivity index (χ4n) is 2.58. The van der Waals surface area contributed by atoms with Crippen molar-refractivity contribution in [3.05, 3.63) is 69.8 Å². The number of nitro groups is 1. The molecule has 0 saturated heterocycles. The molecule has 0 atom stereocenters. The van der Waals surface area contributed by atoms with Crippen LogP contribution in [0.4, 0.5) is 11.4 Å². The molecule has 25 heavy (non-hydrogen) atoms. The first-order chi connectivity index (χ1) is 12.0. The van der Waals surface area contributed by atoms with E-state index in [4.69, 9.17) is 0 Å². The number of nitrogens with one attached hydrogen (secondary N) is 1. The summed E-state index contributed by atoms with van der Waals surface area (Å²) < 4.78 is 0. The second kappa shape index (κ2) is 8.94. The van der Waals surface area contributed by atoms with Gasteiger partial charge in [-0.05, 0) is 36.3 Å². The minimum Gasteiger partial charge on any atom is -0.326 e. The average molecular weight is 341 g/mol. The number of hydrogen-bond acceptors (Lipinski definition) is 4. The Morgan fingerprint density at radius 3 is 2.36 bits per heavy atom. The molecule has 2 aromatic rings. The Balaban J connectivity index is 1.97. The van der Waals surface area contributed by atoms with Crippen LogP contribution in [0, 0.1) is 10.1 Å². The number of non-ortho nitro benzene ring substituents is 1. The standard InChI is InChI=1S/C19H23N3O3/c1-3-21(4-2)14-16-6-5-7-17(12-16)20-19(23)13-15-8-10-18(11-9-15)22(24)25/h5-12H,3-4,13-14H2,1-2H3,(H,20,23). The summed E-state index contributed by atoms with van der Waals surface area (Å²) in [6, 6.07) is 13.8. The van der Waals surface area contributed by atoms with Crippen LogP contribution in [0.3, 0.4) is 0 Å². The summed E-state index contributed by atoms with van der Waals surface area (Å²) in [5.41, 5.74) is 2.67. The van der Waals surface area contributed by atoms with Gasteiger partial charge in [-0.15, -0.1) is 0 Å². The van der Waals surface area contributed by atoms with Crippen LogP contribution in [-0.2, 0) is 17.8 Å². The molecule has 132 valence electrons. The molecule has 6 nitrogen and oxygen atoms in total. The topological polar surface area (TPSA) is 75.5 Å². The lowest BCUT2D eigenvalue weighted by atomic mass is 10.1. The lowest BCUT2D eigenvalue weighted by molar-refractivity contribution is -0.384. The summed E-state index contributed by atoms with van der Waals surface area (Å²) in [7, 11) is 0. The Morgan fingerprint density at radius 2 is 1.76 bits per heavy atom. The zero-order valence-corrected chi connectivity index (χ0v) is 14.6. The predicted molar refractivity (Wildman–Crippen MR) is 98.5 cm³/mol. The van der Waals surface area contributed by atoms with E-state index in [0.717, 1.165) is 36.4 Å². The molecule has 2 aromatic carbocycles. The number of benzene rings is 2. The summed E-state index contributed by atoms with van der Waals surface area (Å²) in [5.74, 6) is -0.145. The number of anilines is 1. The van der Waals surface area contributed by atoms with Gasteiger partial charge in [-0.2, -0.15) is 0 Å². The van der Waals surface area contributed by atoms with Crippen LogP contribution in [0.2, 0.25) is 0 Å². The van der Waals surface area contributed by atoms with E-state index in [1.165, 1.54) is 12.1 Å². The Hall–Kier alpha value is -2.73. The Morgan fingerprint density at radius 1 is 1.08 bits per heavy atom. The Kier molecular flexibility index (Phi) is 6.65. The molecular formula is C19H23N3O3. The van der Waals surface area contributed by atoms with Gasteiger partial charge >= 0.3 is 0 Å². The van der Waals surface area contributed by atoms with E-state index in [-0.39, 0.29) is 18.0 Å². The highest BCUT2D eigenvalue weighted by Crippen LogP contribution is 2.15. The minimum atomic E-state index is -0.453. The number of nitro benzene ring substituents is 1. The van der Waals surface area contributed by atoms with Gasteiger partial charge in [-0.1, -0.05) is 38.1 Å². The zero-order valence-electron chi connectivity index (χ0n) is 14.6. The first kappa shape index (κ1) is 18.6. The van der Waals surface area contributed by atoms with Crippen LogP contribution in [0.1, 0.15) is 25.0 Å². The highest BCUT2D eigenvalue weighted by Gasteiger charge is 2.08. The number of carbonyl (C=O) groups excluding carboxylic acids is 1. The maximum Gasteiger partial charge on any atom is 0.269 e. The van der Waals surface area contributed by atoms with E-state index in [2.05, 4.69) is 24.1 Å². The molecule has 0 saturated carbocycles. The maximum absolute atomic E-state index is 12.2. The van der Waals surface area contributed by atoms with Crippen molar-refractivity contribution in [3.8, 4) is 0 Å². The molecule has 0 bridgehead atoms. The zero-order chi connectivity index (χ0) is 18.2. The molecule has 0 aliphatic heterocycles. The van der Waals surface area contributed by atoms with Gasteiger partial charge in [-0.3, -0.25) is 19.8 Å². The quantitative estimate of drug-likeness (QED) is 0.588. The van der Waals surface area contributed by atoms with Crippen molar-refractivity contribution < 1.29 is 9.72 Å². The van der Waals surface area contributed by atoms with Gasteiger partial charge in [0.25, 0.3) is 5.69 Å². The lowest BCUT2D eigenvalue weighted by Crippen LogP contribution is -2.22. The maximum atomic E-state index is 12.2. The number of hydrogen-bond donors (Lipinski definition) is 1. The van der Waals surface area contributed by atoms with Crippen molar-refractivity contribution in [2.24, 2.45) is 0 Å². The fraction of sp³-hybridized carbons (Fsp3) is 0.316. The van der Waals surface area contributed by atoms with E-state index < -0.39 is 4.92 Å². The van der Waals surface area contributed by atoms with E-state index in [1.807, 2.05) is 24.3 Å². The van der Waals surface area contributed by atoms with Crippen LogP contribution in [0.25, 0.3) is 0 Å². The summed E-state index contributed by atoms with van der Waals surface area (Å²) in [6.07, 6.45) is 0.179. The summed E-state index contributed by atoms with van der Waals surface area (Å²) in [5, 5.41) is 13.5. The largest absolute Gasteiger partial charge is 0.326 e. The van der Waals surface area contributed by atoms with Crippen LogP contribution in [0.15, 0.2) is 48.5 Å². The highest BCUT2D eigenvalue weighted by molar-refractivity contribution is 5.92. The summed E-state index contributed by atoms with van der Waals surface area (Å²) >= 11 is 0. The van der Waals surface area contributed by atoms with Gasteiger partial charge in [0.2, 0.25) is 5.91 Å². The van der Waals surface area contributed by atoms with Gasteiger partial charge in [0.1, 0.15) is 0 Å². The molecule has 0 aliphatic carbocycles. The van der Waals surface area contributed by atoms with Crippen molar-refractivity contribution >= 4 is 17.3 Å². The number of carbonyl (C=O) groups is 1. The van der Waals surface area contributed by atoms with E-state index >= 15 is 0 Å². The lowest BCUT2D eigenvalue weighted by Gasteiger charge is -2.18. The van der Waals surface area contributed by atoms with Crippen LogP contribution in [0.5, 0.6) is 0 Å². The molecule has 1 amide bonds. The molecule has 0 aromatic heterocycles. The van der Waals surface area contributed by atoms with Gasteiger partial charge in [0.05, 0.1) is 11.3 Å². The van der Waals surface area contributed by atoms with Gasteiger partial charge in [0.15, 0.2) is 0 Å². The monoisotopic (exact) mass is 341 g/mol. The third-order valence-electron chi connectivity index (χ3n) is 4.02. The van der Waals surface area contributed by atoms with Crippen molar-refractivity contribution in [3.63, 3.8) is 0 Å². The third-order valence-corrected chi connectivity index (χ3v) is 4.02. The SMILES string of the molecule is CCN(CC)Cc1cccc(NC(=O)Cc2ccc([N+](=O)[O-])cc2)c1. The normalized spacial score (nSPS) is 10.7. The van der Waals surface area contributed by atoms with Gasteiger partial charge < -0.3 is 5.32 Å². The Bertz CT molecular complexity index is 725. The first-order valence-corrected chi connectivity index (χ1v) is 8.36. The van der Waals surface area contributed by atoms with Crippen LogP contribution < -0.4 is 5.32 Å². The van der Waals surface area contributed by atoms with Crippen molar-refractivity contribution in [2.45, 2.75) is 26.8 Å². The molecule has 0 radical (unpaired) electrons. The molecule has 0 spiro atoms. The van der Waals surface area contributed by atoms with Crippen LogP contribution in [-0.4, -0.2) is 28.8 Å². The van der Waals surface area contributed by atoms with Crippen molar-refractivity contribution in [1.29, 1.82) is 0 Å². The van der Waals surface area contributed by atoms with Crippen LogP contribution >= 0.6 is 0 Å². The predicted octanol–water partition coefficient (Wildman–Crippen LogP) is 3.62. The first-order valence-electron chi connectivity index (χ1n) is 8.36. The number of rotatable bonds is 8. The van der Waals surface area contributed by atoms with Gasteiger partial charge in [0, 0.05) is 24.4 Å². The molecular weight excluding hydrogens is 318 g/mol. The molecule has 0 heterocycles. The van der Waals surface area contributed by atoms with E-state index in [9.17, 15) is 14.9 Å². The molecule has 2 rings (SSSR count). The van der Waals surface area contributed by atoms with Crippen molar-refractivity contribution in [1.82, 2.24) is 4.90 Å². The average Bonchev–Trinajstić information content (AvgIpc) is 2.60.